The molecule has 0 saturated heterocycles. The fraction of sp³-hybridized carbons (Fsp3) is 0.200. The molecule has 0 bridgehead atoms. The zero-order chi connectivity index (χ0) is 16.8. The molecule has 0 aliphatic carbocycles. The first-order valence-corrected chi connectivity index (χ1v) is 7.03. The van der Waals surface area contributed by atoms with Gasteiger partial charge in [-0.05, 0) is 37.3 Å². The number of ether oxygens (including phenoxy) is 1. The van der Waals surface area contributed by atoms with E-state index in [1.807, 2.05) is 19.1 Å². The molecule has 2 amide bonds. The maximum Gasteiger partial charge on any atom is 0.387 e. The molecule has 0 unspecified atom stereocenters. The second-order valence-corrected chi connectivity index (χ2v) is 5.01. The fourth-order valence-corrected chi connectivity index (χ4v) is 2.04. The zero-order valence-electron chi connectivity index (χ0n) is 12.1. The molecule has 0 aliphatic rings. The summed E-state index contributed by atoms with van der Waals surface area (Å²) in [6, 6.07) is 9.02. The number of aryl methyl sites for hydroxylation is 1. The molecule has 5 nitrogen and oxygen atoms in total. The van der Waals surface area contributed by atoms with Gasteiger partial charge in [-0.1, -0.05) is 17.7 Å². The Morgan fingerprint density at radius 2 is 2.13 bits per heavy atom. The minimum absolute atomic E-state index is 0.0246. The van der Waals surface area contributed by atoms with Gasteiger partial charge in [0.25, 0.3) is 0 Å². The van der Waals surface area contributed by atoms with Crippen LogP contribution in [0.1, 0.15) is 11.4 Å². The predicted octanol–water partition coefficient (Wildman–Crippen LogP) is 3.97. The van der Waals surface area contributed by atoms with Crippen LogP contribution in [0.3, 0.4) is 0 Å². The van der Waals surface area contributed by atoms with Crippen LogP contribution in [0.2, 0.25) is 5.02 Å². The number of anilines is 1. The second-order valence-electron chi connectivity index (χ2n) is 4.60. The van der Waals surface area contributed by atoms with Crippen LogP contribution in [0.4, 0.5) is 19.3 Å². The van der Waals surface area contributed by atoms with Gasteiger partial charge in [0.15, 0.2) is 0 Å². The standard InChI is InChI=1S/C15H14ClF2N3O2/c1-9-3-2-4-11(20-9)8-19-15(22)21-10-5-6-13(12(16)7-10)23-14(17)18/h2-7,14H,8H2,1H3,(H2,19,21,22). The minimum atomic E-state index is -2.96. The molecule has 2 rings (SSSR count). The first-order chi connectivity index (χ1) is 10.9. The Hall–Kier alpha value is -2.41. The molecule has 122 valence electrons. The Bertz CT molecular complexity index is 698. The molecule has 1 aromatic heterocycles. The Balaban J connectivity index is 1.91. The monoisotopic (exact) mass is 341 g/mol. The van der Waals surface area contributed by atoms with Crippen LogP contribution in [0.25, 0.3) is 0 Å². The van der Waals surface area contributed by atoms with Gasteiger partial charge >= 0.3 is 12.6 Å². The number of rotatable bonds is 5. The van der Waals surface area contributed by atoms with Gasteiger partial charge in [-0.25, -0.2) is 4.79 Å². The largest absolute Gasteiger partial charge is 0.433 e. The molecule has 23 heavy (non-hydrogen) atoms. The van der Waals surface area contributed by atoms with E-state index >= 15 is 0 Å². The zero-order valence-corrected chi connectivity index (χ0v) is 12.9. The summed E-state index contributed by atoms with van der Waals surface area (Å²) >= 11 is 5.81. The van der Waals surface area contributed by atoms with Crippen molar-refractivity contribution in [3.8, 4) is 5.75 Å². The van der Waals surface area contributed by atoms with Gasteiger partial charge in [0, 0.05) is 11.4 Å². The number of hydrogen-bond donors (Lipinski definition) is 2. The summed E-state index contributed by atoms with van der Waals surface area (Å²) in [5.74, 6) is -0.156. The average Bonchev–Trinajstić information content (AvgIpc) is 2.48. The van der Waals surface area contributed by atoms with Gasteiger partial charge in [-0.15, -0.1) is 0 Å². The molecule has 0 aliphatic heterocycles. The molecule has 0 radical (unpaired) electrons. The van der Waals surface area contributed by atoms with Gasteiger partial charge in [0.05, 0.1) is 17.3 Å². The molecule has 1 aromatic carbocycles. The summed E-state index contributed by atoms with van der Waals surface area (Å²) in [6.45, 7) is -0.848. The summed E-state index contributed by atoms with van der Waals surface area (Å²) < 4.78 is 28.5. The molecule has 0 fully saturated rings. The molecule has 0 spiro atoms. The van der Waals surface area contributed by atoms with Gasteiger partial charge in [0.1, 0.15) is 5.75 Å². The smallest absolute Gasteiger partial charge is 0.387 e. The Morgan fingerprint density at radius 1 is 1.35 bits per heavy atom. The molecule has 1 heterocycles. The highest BCUT2D eigenvalue weighted by molar-refractivity contribution is 6.32. The summed E-state index contributed by atoms with van der Waals surface area (Å²) in [4.78, 5) is 16.1. The van der Waals surface area contributed by atoms with Crippen molar-refractivity contribution < 1.29 is 18.3 Å². The van der Waals surface area contributed by atoms with Crippen molar-refractivity contribution >= 4 is 23.3 Å². The number of amides is 2. The van der Waals surface area contributed by atoms with E-state index in [1.165, 1.54) is 18.2 Å². The number of urea groups is 1. The van der Waals surface area contributed by atoms with Crippen LogP contribution in [-0.2, 0) is 6.54 Å². The van der Waals surface area contributed by atoms with E-state index in [-0.39, 0.29) is 17.3 Å². The third-order valence-electron chi connectivity index (χ3n) is 2.78. The van der Waals surface area contributed by atoms with E-state index in [0.29, 0.717) is 5.69 Å². The summed E-state index contributed by atoms with van der Waals surface area (Å²) in [6.07, 6.45) is 0. The van der Waals surface area contributed by atoms with Crippen molar-refractivity contribution in [2.45, 2.75) is 20.1 Å². The fourth-order valence-electron chi connectivity index (χ4n) is 1.81. The van der Waals surface area contributed by atoms with E-state index < -0.39 is 12.6 Å². The van der Waals surface area contributed by atoms with Crippen molar-refractivity contribution in [3.05, 3.63) is 52.8 Å². The number of pyridine rings is 1. The number of alkyl halides is 2. The lowest BCUT2D eigenvalue weighted by atomic mass is 10.3. The van der Waals surface area contributed by atoms with Gasteiger partial charge in [0.2, 0.25) is 0 Å². The Kier molecular flexibility index (Phi) is 5.70. The van der Waals surface area contributed by atoms with E-state index in [4.69, 9.17) is 11.6 Å². The maximum absolute atomic E-state index is 12.1. The van der Waals surface area contributed by atoms with Gasteiger partial charge in [-0.3, -0.25) is 4.98 Å². The topological polar surface area (TPSA) is 63.2 Å². The van der Waals surface area contributed by atoms with E-state index in [2.05, 4.69) is 20.4 Å². The van der Waals surface area contributed by atoms with Crippen molar-refractivity contribution in [3.63, 3.8) is 0 Å². The number of hydrogen-bond acceptors (Lipinski definition) is 3. The number of carbonyl (C=O) groups is 1. The highest BCUT2D eigenvalue weighted by Crippen LogP contribution is 2.28. The SMILES string of the molecule is Cc1cccc(CNC(=O)Nc2ccc(OC(F)F)c(Cl)c2)n1. The number of halogens is 3. The van der Waals surface area contributed by atoms with Crippen LogP contribution in [0, 0.1) is 6.92 Å². The third-order valence-corrected chi connectivity index (χ3v) is 3.08. The first-order valence-electron chi connectivity index (χ1n) is 6.66. The molecule has 2 N–H and O–H groups in total. The molecule has 0 atom stereocenters. The Labute approximate surface area is 136 Å². The average molecular weight is 342 g/mol. The number of benzene rings is 1. The van der Waals surface area contributed by atoms with Crippen LogP contribution in [0.5, 0.6) is 5.75 Å². The number of carbonyl (C=O) groups excluding carboxylic acids is 1. The lowest BCUT2D eigenvalue weighted by Gasteiger charge is -2.10. The molecular formula is C15H14ClF2N3O2. The Morgan fingerprint density at radius 3 is 2.78 bits per heavy atom. The highest BCUT2D eigenvalue weighted by atomic mass is 35.5. The van der Waals surface area contributed by atoms with Crippen molar-refractivity contribution in [1.82, 2.24) is 10.3 Å². The molecular weight excluding hydrogens is 328 g/mol. The first kappa shape index (κ1) is 17.0. The van der Waals surface area contributed by atoms with E-state index in [9.17, 15) is 13.6 Å². The number of nitrogens with zero attached hydrogens (tertiary/aromatic N) is 1. The predicted molar refractivity (Wildman–Crippen MR) is 82.9 cm³/mol. The van der Waals surface area contributed by atoms with Crippen molar-refractivity contribution in [1.29, 1.82) is 0 Å². The minimum Gasteiger partial charge on any atom is -0.433 e. The van der Waals surface area contributed by atoms with Gasteiger partial charge < -0.3 is 15.4 Å². The van der Waals surface area contributed by atoms with Crippen LogP contribution in [0.15, 0.2) is 36.4 Å². The maximum atomic E-state index is 12.1. The summed E-state index contributed by atoms with van der Waals surface area (Å²) in [7, 11) is 0. The summed E-state index contributed by atoms with van der Waals surface area (Å²) in [5, 5.41) is 5.15. The highest BCUT2D eigenvalue weighted by Gasteiger charge is 2.10. The van der Waals surface area contributed by atoms with E-state index in [0.717, 1.165) is 11.4 Å². The third kappa shape index (κ3) is 5.37. The van der Waals surface area contributed by atoms with Crippen LogP contribution in [-0.4, -0.2) is 17.6 Å². The van der Waals surface area contributed by atoms with Crippen molar-refractivity contribution in [2.75, 3.05) is 5.32 Å². The number of nitrogens with one attached hydrogen (secondary N) is 2. The lowest BCUT2D eigenvalue weighted by Crippen LogP contribution is -2.28. The summed E-state index contributed by atoms with van der Waals surface area (Å²) in [5.41, 5.74) is 1.93. The normalized spacial score (nSPS) is 10.5. The molecule has 8 heteroatoms. The van der Waals surface area contributed by atoms with Gasteiger partial charge in [-0.2, -0.15) is 8.78 Å². The molecule has 0 saturated carbocycles. The quantitative estimate of drug-likeness (QED) is 0.865. The van der Waals surface area contributed by atoms with E-state index in [1.54, 1.807) is 6.07 Å². The number of aromatic nitrogens is 1. The molecule has 2 aromatic rings. The van der Waals surface area contributed by atoms with Crippen LogP contribution < -0.4 is 15.4 Å². The van der Waals surface area contributed by atoms with Crippen molar-refractivity contribution in [2.24, 2.45) is 0 Å². The lowest BCUT2D eigenvalue weighted by molar-refractivity contribution is -0.0497. The van der Waals surface area contributed by atoms with Crippen LogP contribution >= 0.6 is 11.6 Å². The second kappa shape index (κ2) is 7.73.